The molecule has 1 fully saturated rings. The Morgan fingerprint density at radius 1 is 1.39 bits per heavy atom. The van der Waals surface area contributed by atoms with Crippen LogP contribution in [0.3, 0.4) is 0 Å². The molecule has 1 aliphatic rings. The third-order valence-corrected chi connectivity index (χ3v) is 4.49. The maximum Gasteiger partial charge on any atom is 0.316 e. The predicted octanol–water partition coefficient (Wildman–Crippen LogP) is 2.50. The lowest BCUT2D eigenvalue weighted by Crippen LogP contribution is -2.30. The number of aryl methyl sites for hydroxylation is 2. The molecule has 0 aliphatic carbocycles. The Morgan fingerprint density at radius 3 is 2.39 bits per heavy atom. The second-order valence-electron chi connectivity index (χ2n) is 4.56. The number of carboxylic acids is 1. The van der Waals surface area contributed by atoms with Crippen molar-refractivity contribution in [3.8, 4) is 0 Å². The molecular formula is C13H14BrNO3. The Balaban J connectivity index is 2.34. The normalized spacial score (nSPS) is 19.4. The number of aliphatic carboxylic acids is 1. The molecule has 0 aromatic heterocycles. The molecule has 0 saturated carbocycles. The van der Waals surface area contributed by atoms with Crippen LogP contribution in [0.5, 0.6) is 0 Å². The summed E-state index contributed by atoms with van der Waals surface area (Å²) < 4.78 is 1.02. The fourth-order valence-corrected chi connectivity index (χ4v) is 2.47. The number of halogens is 1. The van der Waals surface area contributed by atoms with Crippen molar-refractivity contribution >= 4 is 33.5 Å². The van der Waals surface area contributed by atoms with Crippen LogP contribution in [0.1, 0.15) is 17.5 Å². The molecule has 0 spiro atoms. The summed E-state index contributed by atoms with van der Waals surface area (Å²) in [6, 6.07) is 3.80. The van der Waals surface area contributed by atoms with E-state index in [1.54, 1.807) is 4.90 Å². The number of hydrogen-bond donors (Lipinski definition) is 1. The lowest BCUT2D eigenvalue weighted by Gasteiger charge is -2.18. The summed E-state index contributed by atoms with van der Waals surface area (Å²) >= 11 is 3.47. The minimum absolute atomic E-state index is 0.316. The number of benzene rings is 1. The van der Waals surface area contributed by atoms with Crippen molar-refractivity contribution in [3.05, 3.63) is 27.7 Å². The molecule has 1 heterocycles. The first kappa shape index (κ1) is 13.1. The van der Waals surface area contributed by atoms with Gasteiger partial charge in [0.1, 0.15) is 5.92 Å². The minimum atomic E-state index is -1.03. The summed E-state index contributed by atoms with van der Waals surface area (Å²) in [5.41, 5.74) is 2.86. The second-order valence-corrected chi connectivity index (χ2v) is 5.36. The van der Waals surface area contributed by atoms with Gasteiger partial charge < -0.3 is 10.0 Å². The number of hydrogen-bond acceptors (Lipinski definition) is 2. The van der Waals surface area contributed by atoms with Gasteiger partial charge in [-0.1, -0.05) is 15.9 Å². The van der Waals surface area contributed by atoms with Crippen LogP contribution >= 0.6 is 15.9 Å². The summed E-state index contributed by atoms with van der Waals surface area (Å²) in [7, 11) is 0. The van der Waals surface area contributed by atoms with E-state index < -0.39 is 11.9 Å². The van der Waals surface area contributed by atoms with Gasteiger partial charge in [-0.05, 0) is 43.5 Å². The highest BCUT2D eigenvalue weighted by atomic mass is 79.9. The van der Waals surface area contributed by atoms with Gasteiger partial charge in [0, 0.05) is 16.7 Å². The third-order valence-electron chi connectivity index (χ3n) is 3.24. The molecule has 0 bridgehead atoms. The third kappa shape index (κ3) is 2.14. The zero-order chi connectivity index (χ0) is 13.4. The van der Waals surface area contributed by atoms with E-state index in [2.05, 4.69) is 15.9 Å². The summed E-state index contributed by atoms with van der Waals surface area (Å²) in [5, 5.41) is 8.95. The zero-order valence-electron chi connectivity index (χ0n) is 10.2. The zero-order valence-corrected chi connectivity index (χ0v) is 11.8. The first-order valence-corrected chi connectivity index (χ1v) is 6.52. The van der Waals surface area contributed by atoms with E-state index in [4.69, 9.17) is 5.11 Å². The number of anilines is 1. The van der Waals surface area contributed by atoms with Crippen molar-refractivity contribution in [2.45, 2.75) is 20.3 Å². The molecule has 1 amide bonds. The molecule has 1 aromatic carbocycles. The van der Waals surface area contributed by atoms with Gasteiger partial charge in [-0.15, -0.1) is 0 Å². The quantitative estimate of drug-likeness (QED) is 0.854. The minimum Gasteiger partial charge on any atom is -0.481 e. The largest absolute Gasteiger partial charge is 0.481 e. The van der Waals surface area contributed by atoms with Gasteiger partial charge in [-0.2, -0.15) is 0 Å². The standard InChI is InChI=1S/C13H14BrNO3/c1-7-5-9(6-8(2)11(7)14)15-4-3-10(12(15)16)13(17)18/h5-6,10H,3-4H2,1-2H3,(H,17,18). The van der Waals surface area contributed by atoms with Crippen molar-refractivity contribution in [1.29, 1.82) is 0 Å². The maximum atomic E-state index is 12.0. The van der Waals surface area contributed by atoms with E-state index in [0.29, 0.717) is 13.0 Å². The van der Waals surface area contributed by atoms with Crippen molar-refractivity contribution in [1.82, 2.24) is 0 Å². The van der Waals surface area contributed by atoms with Crippen molar-refractivity contribution in [2.24, 2.45) is 5.92 Å². The van der Waals surface area contributed by atoms with Crippen LogP contribution in [0, 0.1) is 19.8 Å². The first-order valence-electron chi connectivity index (χ1n) is 5.72. The van der Waals surface area contributed by atoms with Crippen LogP contribution < -0.4 is 4.90 Å². The van der Waals surface area contributed by atoms with Crippen LogP contribution in [0.25, 0.3) is 0 Å². The van der Waals surface area contributed by atoms with Gasteiger partial charge >= 0.3 is 5.97 Å². The Hall–Kier alpha value is -1.36. The summed E-state index contributed by atoms with van der Waals surface area (Å²) in [4.78, 5) is 24.5. The van der Waals surface area contributed by atoms with Crippen LogP contribution in [0.2, 0.25) is 0 Å². The average Bonchev–Trinajstić information content (AvgIpc) is 2.67. The molecule has 1 atom stereocenters. The van der Waals surface area contributed by atoms with Crippen LogP contribution in [0.4, 0.5) is 5.69 Å². The lowest BCUT2D eigenvalue weighted by atomic mass is 10.1. The highest BCUT2D eigenvalue weighted by Crippen LogP contribution is 2.31. The highest BCUT2D eigenvalue weighted by molar-refractivity contribution is 9.10. The smallest absolute Gasteiger partial charge is 0.316 e. The molecule has 1 aliphatic heterocycles. The number of carbonyl (C=O) groups is 2. The van der Waals surface area contributed by atoms with Gasteiger partial charge in [0.2, 0.25) is 5.91 Å². The molecule has 1 unspecified atom stereocenters. The van der Waals surface area contributed by atoms with Crippen LogP contribution in [-0.4, -0.2) is 23.5 Å². The SMILES string of the molecule is Cc1cc(N2CCC(C(=O)O)C2=O)cc(C)c1Br. The highest BCUT2D eigenvalue weighted by Gasteiger charge is 2.37. The number of carboxylic acid groups (broad SMARTS) is 1. The average molecular weight is 312 g/mol. The van der Waals surface area contributed by atoms with Gasteiger partial charge in [0.25, 0.3) is 0 Å². The van der Waals surface area contributed by atoms with E-state index in [9.17, 15) is 9.59 Å². The molecule has 2 rings (SSSR count). The summed E-state index contributed by atoms with van der Waals surface area (Å²) in [6.45, 7) is 4.38. The van der Waals surface area contributed by atoms with Crippen molar-refractivity contribution < 1.29 is 14.7 Å². The van der Waals surface area contributed by atoms with Crippen molar-refractivity contribution in [3.63, 3.8) is 0 Å². The van der Waals surface area contributed by atoms with Gasteiger partial charge in [-0.3, -0.25) is 9.59 Å². The fraction of sp³-hybridized carbons (Fsp3) is 0.385. The molecular weight excluding hydrogens is 298 g/mol. The van der Waals surface area contributed by atoms with Gasteiger partial charge in [0.15, 0.2) is 0 Å². The van der Waals surface area contributed by atoms with Gasteiger partial charge in [-0.25, -0.2) is 0 Å². The Morgan fingerprint density at radius 2 is 1.94 bits per heavy atom. The van der Waals surface area contributed by atoms with E-state index >= 15 is 0 Å². The monoisotopic (exact) mass is 311 g/mol. The van der Waals surface area contributed by atoms with E-state index in [1.165, 1.54) is 0 Å². The Bertz CT molecular complexity index is 504. The Kier molecular flexibility index (Phi) is 3.43. The number of amides is 1. The summed E-state index contributed by atoms with van der Waals surface area (Å²) in [5.74, 6) is -2.24. The number of rotatable bonds is 2. The van der Waals surface area contributed by atoms with Gasteiger partial charge in [0.05, 0.1) is 0 Å². The number of nitrogens with zero attached hydrogens (tertiary/aromatic N) is 1. The molecule has 0 radical (unpaired) electrons. The molecule has 4 nitrogen and oxygen atoms in total. The molecule has 5 heteroatoms. The summed E-state index contributed by atoms with van der Waals surface area (Å²) in [6.07, 6.45) is 0.377. The fourth-order valence-electron chi connectivity index (χ4n) is 2.24. The maximum absolute atomic E-state index is 12.0. The lowest BCUT2D eigenvalue weighted by molar-refractivity contribution is -0.144. The van der Waals surface area contributed by atoms with Crippen LogP contribution in [0.15, 0.2) is 16.6 Å². The van der Waals surface area contributed by atoms with Crippen LogP contribution in [-0.2, 0) is 9.59 Å². The Labute approximate surface area is 114 Å². The molecule has 18 heavy (non-hydrogen) atoms. The molecule has 1 saturated heterocycles. The van der Waals surface area contributed by atoms with Crippen molar-refractivity contribution in [2.75, 3.05) is 11.4 Å². The first-order chi connectivity index (χ1) is 8.41. The predicted molar refractivity (Wildman–Crippen MR) is 71.7 cm³/mol. The molecule has 96 valence electrons. The number of carbonyl (C=O) groups excluding carboxylic acids is 1. The topological polar surface area (TPSA) is 57.6 Å². The van der Waals surface area contributed by atoms with E-state index in [-0.39, 0.29) is 5.91 Å². The molecule has 1 aromatic rings. The van der Waals surface area contributed by atoms with E-state index in [0.717, 1.165) is 21.3 Å². The second kappa shape index (κ2) is 4.72. The molecule has 1 N–H and O–H groups in total. The van der Waals surface area contributed by atoms with E-state index in [1.807, 2.05) is 26.0 Å².